The van der Waals surface area contributed by atoms with Crippen molar-refractivity contribution in [1.82, 2.24) is 5.01 Å². The second kappa shape index (κ2) is 7.38. The Morgan fingerprint density at radius 1 is 1.23 bits per heavy atom. The number of carboxylic acids is 1. The Bertz CT molecular complexity index is 666. The number of aryl methyl sites for hydroxylation is 1. The molecular formula is C17H19N3O2. The number of aromatic nitrogens is 1. The van der Waals surface area contributed by atoms with Crippen LogP contribution < -0.4 is 15.1 Å². The Kier molecular flexibility index (Phi) is 5.27. The maximum Gasteiger partial charge on any atom is 0.204 e. The number of aliphatic carboxylic acids is 1. The lowest BCUT2D eigenvalue weighted by Gasteiger charge is -2.19. The van der Waals surface area contributed by atoms with E-state index in [0.717, 1.165) is 16.9 Å². The molecule has 5 heteroatoms. The van der Waals surface area contributed by atoms with Crippen LogP contribution in [0.15, 0.2) is 48.7 Å². The Morgan fingerprint density at radius 2 is 1.95 bits per heavy atom. The Labute approximate surface area is 130 Å². The van der Waals surface area contributed by atoms with Gasteiger partial charge in [-0.05, 0) is 29.8 Å². The molecule has 0 spiro atoms. The second-order valence-electron chi connectivity index (χ2n) is 5.03. The van der Waals surface area contributed by atoms with Crippen LogP contribution >= 0.6 is 0 Å². The van der Waals surface area contributed by atoms with Crippen LogP contribution in [0.1, 0.15) is 11.3 Å². The normalized spacial score (nSPS) is 11.0. The molecule has 1 aromatic heterocycles. The van der Waals surface area contributed by atoms with Crippen LogP contribution in [0.2, 0.25) is 0 Å². The number of hydrogen-bond acceptors (Lipinski definition) is 4. The monoisotopic (exact) mass is 297 g/mol. The SMILES string of the molecule is CN(CC(=O)[O-])Nc1ccc(/C=C/c2cccc[n+]2C)cc1. The van der Waals surface area contributed by atoms with E-state index in [2.05, 4.69) is 5.43 Å². The fourth-order valence-corrected chi connectivity index (χ4v) is 2.01. The first kappa shape index (κ1) is 15.7. The maximum atomic E-state index is 10.5. The van der Waals surface area contributed by atoms with E-state index in [4.69, 9.17) is 0 Å². The summed E-state index contributed by atoms with van der Waals surface area (Å²) in [5.74, 6) is -1.12. The molecule has 114 valence electrons. The quantitative estimate of drug-likeness (QED) is 0.629. The van der Waals surface area contributed by atoms with Crippen molar-refractivity contribution < 1.29 is 14.5 Å². The van der Waals surface area contributed by atoms with Gasteiger partial charge in [-0.1, -0.05) is 12.1 Å². The Morgan fingerprint density at radius 3 is 2.59 bits per heavy atom. The molecule has 0 amide bonds. The van der Waals surface area contributed by atoms with Crippen molar-refractivity contribution >= 4 is 23.8 Å². The standard InChI is InChI=1S/C17H19N3O2/c1-19-12-4-3-5-16(19)11-8-14-6-9-15(10-7-14)18-20(2)13-17(21)22/h3-12H,13H2,1-2H3,(H,21,22). The minimum absolute atomic E-state index is 0.174. The van der Waals surface area contributed by atoms with Crippen molar-refractivity contribution in [2.75, 3.05) is 19.0 Å². The van der Waals surface area contributed by atoms with Crippen molar-refractivity contribution in [2.24, 2.45) is 7.05 Å². The molecule has 1 aromatic carbocycles. The lowest BCUT2D eigenvalue weighted by Crippen LogP contribution is -2.38. The predicted molar refractivity (Wildman–Crippen MR) is 84.2 cm³/mol. The van der Waals surface area contributed by atoms with Gasteiger partial charge in [0.05, 0.1) is 12.5 Å². The molecule has 1 N–H and O–H groups in total. The molecule has 0 aliphatic carbocycles. The summed E-state index contributed by atoms with van der Waals surface area (Å²) in [6.07, 6.45) is 6.08. The highest BCUT2D eigenvalue weighted by Crippen LogP contribution is 2.12. The summed E-state index contributed by atoms with van der Waals surface area (Å²) in [6.45, 7) is -0.174. The molecule has 0 saturated carbocycles. The van der Waals surface area contributed by atoms with E-state index in [0.29, 0.717) is 0 Å². The summed E-state index contributed by atoms with van der Waals surface area (Å²) in [7, 11) is 3.65. The van der Waals surface area contributed by atoms with Crippen molar-refractivity contribution in [3.05, 3.63) is 59.9 Å². The molecule has 2 aromatic rings. The minimum Gasteiger partial charge on any atom is -0.549 e. The fourth-order valence-electron chi connectivity index (χ4n) is 2.01. The molecule has 0 saturated heterocycles. The number of carboxylic acid groups (broad SMARTS) is 1. The lowest BCUT2D eigenvalue weighted by atomic mass is 10.2. The number of anilines is 1. The number of nitrogens with zero attached hydrogens (tertiary/aromatic N) is 2. The number of likely N-dealkylation sites (N-methyl/N-ethyl adjacent to an activating group) is 1. The highest BCUT2D eigenvalue weighted by molar-refractivity contribution is 5.68. The van der Waals surface area contributed by atoms with Crippen LogP contribution in [0, 0.1) is 0 Å². The zero-order valence-electron chi connectivity index (χ0n) is 12.7. The van der Waals surface area contributed by atoms with Gasteiger partial charge in [0.15, 0.2) is 6.20 Å². The topological polar surface area (TPSA) is 59.3 Å². The average molecular weight is 297 g/mol. The number of benzene rings is 1. The molecule has 5 nitrogen and oxygen atoms in total. The lowest BCUT2D eigenvalue weighted by molar-refractivity contribution is -0.673. The first-order valence-corrected chi connectivity index (χ1v) is 6.95. The van der Waals surface area contributed by atoms with Gasteiger partial charge in [-0.3, -0.25) is 0 Å². The van der Waals surface area contributed by atoms with Gasteiger partial charge < -0.3 is 15.3 Å². The van der Waals surface area contributed by atoms with Gasteiger partial charge in [0.1, 0.15) is 7.05 Å². The molecule has 0 fully saturated rings. The van der Waals surface area contributed by atoms with E-state index in [1.165, 1.54) is 5.01 Å². The summed E-state index contributed by atoms with van der Waals surface area (Å²) < 4.78 is 2.04. The van der Waals surface area contributed by atoms with E-state index in [-0.39, 0.29) is 6.54 Å². The van der Waals surface area contributed by atoms with Gasteiger partial charge >= 0.3 is 0 Å². The van der Waals surface area contributed by atoms with E-state index in [1.54, 1.807) is 7.05 Å². The fraction of sp³-hybridized carbons (Fsp3) is 0.176. The molecule has 2 rings (SSSR count). The van der Waals surface area contributed by atoms with E-state index < -0.39 is 5.97 Å². The number of nitrogens with one attached hydrogen (secondary N) is 1. The molecule has 0 radical (unpaired) electrons. The zero-order chi connectivity index (χ0) is 15.9. The third-order valence-electron chi connectivity index (χ3n) is 3.14. The van der Waals surface area contributed by atoms with Crippen LogP contribution in [0.3, 0.4) is 0 Å². The van der Waals surface area contributed by atoms with Crippen LogP contribution in [0.4, 0.5) is 5.69 Å². The number of hydrogen-bond donors (Lipinski definition) is 1. The maximum absolute atomic E-state index is 10.5. The van der Waals surface area contributed by atoms with Crippen LogP contribution in [0.5, 0.6) is 0 Å². The second-order valence-corrected chi connectivity index (χ2v) is 5.03. The van der Waals surface area contributed by atoms with Gasteiger partial charge in [-0.25, -0.2) is 9.58 Å². The first-order valence-electron chi connectivity index (χ1n) is 6.95. The number of rotatable bonds is 6. The van der Waals surface area contributed by atoms with E-state index in [9.17, 15) is 9.90 Å². The summed E-state index contributed by atoms with van der Waals surface area (Å²) >= 11 is 0. The van der Waals surface area contributed by atoms with Crippen LogP contribution in [-0.4, -0.2) is 24.6 Å². The summed E-state index contributed by atoms with van der Waals surface area (Å²) in [5.41, 5.74) is 5.97. The molecule has 1 heterocycles. The molecule has 0 bridgehead atoms. The largest absolute Gasteiger partial charge is 0.549 e. The Balaban J connectivity index is 2.00. The van der Waals surface area contributed by atoms with E-state index in [1.807, 2.05) is 72.4 Å². The van der Waals surface area contributed by atoms with Crippen LogP contribution in [-0.2, 0) is 11.8 Å². The number of carbonyl (C=O) groups excluding carboxylic acids is 1. The van der Waals surface area contributed by atoms with Gasteiger partial charge in [0, 0.05) is 30.9 Å². The Hall–Kier alpha value is -2.66. The van der Waals surface area contributed by atoms with Crippen molar-refractivity contribution in [3.8, 4) is 0 Å². The number of carbonyl (C=O) groups is 1. The minimum atomic E-state index is -1.12. The van der Waals surface area contributed by atoms with Gasteiger partial charge in [0.2, 0.25) is 5.69 Å². The van der Waals surface area contributed by atoms with E-state index >= 15 is 0 Å². The van der Waals surface area contributed by atoms with Gasteiger partial charge in [-0.2, -0.15) is 0 Å². The number of pyridine rings is 1. The summed E-state index contributed by atoms with van der Waals surface area (Å²) in [5, 5.41) is 12.0. The average Bonchev–Trinajstić information content (AvgIpc) is 2.47. The number of hydrazine groups is 1. The summed E-state index contributed by atoms with van der Waals surface area (Å²) in [4.78, 5) is 10.5. The predicted octanol–water partition coefficient (Wildman–Crippen LogP) is 0.690. The summed E-state index contributed by atoms with van der Waals surface area (Å²) in [6, 6.07) is 13.8. The molecule has 22 heavy (non-hydrogen) atoms. The third kappa shape index (κ3) is 4.71. The molecule has 0 atom stereocenters. The molecule has 0 unspecified atom stereocenters. The highest BCUT2D eigenvalue weighted by Gasteiger charge is 2.00. The molecular weight excluding hydrogens is 278 g/mol. The molecule has 0 aliphatic rings. The third-order valence-corrected chi connectivity index (χ3v) is 3.14. The van der Waals surface area contributed by atoms with Gasteiger partial charge in [-0.15, -0.1) is 0 Å². The highest BCUT2D eigenvalue weighted by atomic mass is 16.4. The molecule has 0 aliphatic heterocycles. The smallest absolute Gasteiger partial charge is 0.204 e. The van der Waals surface area contributed by atoms with Crippen LogP contribution in [0.25, 0.3) is 12.2 Å². The van der Waals surface area contributed by atoms with Crippen molar-refractivity contribution in [1.29, 1.82) is 0 Å². The zero-order valence-corrected chi connectivity index (χ0v) is 12.7. The van der Waals surface area contributed by atoms with Gasteiger partial charge in [0.25, 0.3) is 0 Å². The first-order chi connectivity index (χ1) is 10.5. The van der Waals surface area contributed by atoms with Crippen molar-refractivity contribution in [2.45, 2.75) is 0 Å². The van der Waals surface area contributed by atoms with Crippen molar-refractivity contribution in [3.63, 3.8) is 0 Å².